The fraction of sp³-hybridized carbons (Fsp3) is 0.500. The van der Waals surface area contributed by atoms with Crippen LogP contribution < -0.4 is 4.74 Å². The Hall–Kier alpha value is -1.80. The van der Waals surface area contributed by atoms with Crippen molar-refractivity contribution in [3.8, 4) is 5.75 Å². The van der Waals surface area contributed by atoms with Crippen LogP contribution in [0, 0.1) is 0 Å². The highest BCUT2D eigenvalue weighted by atomic mass is 16.5. The first-order chi connectivity index (χ1) is 12.8. The molecule has 26 heavy (non-hydrogen) atoms. The maximum absolute atomic E-state index is 6.49. The number of hydrogen-bond acceptors (Lipinski definition) is 2. The fourth-order valence-electron chi connectivity index (χ4n) is 3.79. The molecule has 1 aliphatic rings. The van der Waals surface area contributed by atoms with Crippen molar-refractivity contribution in [2.24, 2.45) is 0 Å². The quantitative estimate of drug-likeness (QED) is 0.565. The van der Waals surface area contributed by atoms with Crippen molar-refractivity contribution >= 4 is 0 Å². The molecule has 0 bridgehead atoms. The summed E-state index contributed by atoms with van der Waals surface area (Å²) in [5.41, 5.74) is 4.27. The Morgan fingerprint density at radius 2 is 1.73 bits per heavy atom. The molecule has 2 nitrogen and oxygen atoms in total. The highest BCUT2D eigenvalue weighted by Gasteiger charge is 2.16. The summed E-state index contributed by atoms with van der Waals surface area (Å²) < 4.78 is 6.49. The molecule has 0 radical (unpaired) electrons. The minimum Gasteiger partial charge on any atom is -0.486 e. The highest BCUT2D eigenvalue weighted by molar-refractivity contribution is 5.37. The van der Waals surface area contributed by atoms with Crippen molar-refractivity contribution in [1.29, 1.82) is 0 Å². The molecule has 1 atom stereocenters. The maximum Gasteiger partial charge on any atom is 0.125 e. The smallest absolute Gasteiger partial charge is 0.125 e. The Labute approximate surface area is 159 Å². The van der Waals surface area contributed by atoms with Gasteiger partial charge in [-0.25, -0.2) is 0 Å². The van der Waals surface area contributed by atoms with Crippen LogP contribution in [0.2, 0.25) is 0 Å². The Balaban J connectivity index is 1.69. The second-order valence-corrected chi connectivity index (χ2v) is 7.60. The third-order valence-corrected chi connectivity index (χ3v) is 5.44. The molecular formula is C24H33NO. The third-order valence-electron chi connectivity index (χ3n) is 5.44. The summed E-state index contributed by atoms with van der Waals surface area (Å²) in [7, 11) is 2.22. The molecule has 0 aromatic heterocycles. The van der Waals surface area contributed by atoms with Crippen LogP contribution in [0.4, 0.5) is 0 Å². The van der Waals surface area contributed by atoms with Crippen LogP contribution in [0.25, 0.3) is 0 Å². The molecule has 1 aliphatic carbocycles. The molecule has 0 aliphatic heterocycles. The molecule has 0 heterocycles. The van der Waals surface area contributed by atoms with Gasteiger partial charge in [-0.3, -0.25) is 0 Å². The summed E-state index contributed by atoms with van der Waals surface area (Å²) in [6.07, 6.45) is 8.69. The molecule has 0 saturated carbocycles. The summed E-state index contributed by atoms with van der Waals surface area (Å²) in [6, 6.07) is 17.4. The number of hydrogen-bond donors (Lipinski definition) is 0. The lowest BCUT2D eigenvalue weighted by atomic mass is 9.92. The Morgan fingerprint density at radius 1 is 0.962 bits per heavy atom. The monoisotopic (exact) mass is 351 g/mol. The lowest BCUT2D eigenvalue weighted by Crippen LogP contribution is -2.24. The van der Waals surface area contributed by atoms with E-state index < -0.39 is 0 Å². The molecule has 0 fully saturated rings. The van der Waals surface area contributed by atoms with E-state index in [4.69, 9.17) is 4.74 Å². The summed E-state index contributed by atoms with van der Waals surface area (Å²) in [6.45, 7) is 4.47. The van der Waals surface area contributed by atoms with Crippen LogP contribution in [0.1, 0.15) is 61.8 Å². The standard InChI is InChI=1S/C24H33NO/c1-3-4-17-25(2)18-16-24(21-11-6-5-7-12-21)26-23-15-14-20-10-8-9-13-22(20)19-23/h5-7,11-12,14-15,19,24H,3-4,8-10,13,16-18H2,1-2H3. The molecule has 0 amide bonds. The zero-order valence-corrected chi connectivity index (χ0v) is 16.4. The normalized spacial score (nSPS) is 14.9. The average molecular weight is 352 g/mol. The number of nitrogens with zero attached hydrogens (tertiary/aromatic N) is 1. The van der Waals surface area contributed by atoms with Gasteiger partial charge < -0.3 is 9.64 Å². The van der Waals surface area contributed by atoms with Gasteiger partial charge in [0.2, 0.25) is 0 Å². The van der Waals surface area contributed by atoms with Crippen molar-refractivity contribution in [2.75, 3.05) is 20.1 Å². The predicted octanol–water partition coefficient (Wildman–Crippen LogP) is 5.81. The summed E-state index contributed by atoms with van der Waals surface area (Å²) in [5, 5.41) is 0. The van der Waals surface area contributed by atoms with Crippen LogP contribution >= 0.6 is 0 Å². The van der Waals surface area contributed by atoms with Gasteiger partial charge in [0.15, 0.2) is 0 Å². The van der Waals surface area contributed by atoms with Crippen molar-refractivity contribution < 1.29 is 4.74 Å². The van der Waals surface area contributed by atoms with Crippen LogP contribution in [-0.4, -0.2) is 25.0 Å². The summed E-state index contributed by atoms with van der Waals surface area (Å²) in [5.74, 6) is 1.02. The predicted molar refractivity (Wildman–Crippen MR) is 110 cm³/mol. The largest absolute Gasteiger partial charge is 0.486 e. The molecule has 0 spiro atoms. The molecule has 0 N–H and O–H groups in total. The zero-order chi connectivity index (χ0) is 18.2. The van der Waals surface area contributed by atoms with Crippen LogP contribution in [0.3, 0.4) is 0 Å². The summed E-state index contributed by atoms with van der Waals surface area (Å²) >= 11 is 0. The Morgan fingerprint density at radius 3 is 2.50 bits per heavy atom. The van der Waals surface area contributed by atoms with E-state index in [0.29, 0.717) is 0 Å². The second kappa shape index (κ2) is 9.78. The van der Waals surface area contributed by atoms with Crippen LogP contribution in [0.15, 0.2) is 48.5 Å². The van der Waals surface area contributed by atoms with E-state index >= 15 is 0 Å². The minimum absolute atomic E-state index is 0.113. The van der Waals surface area contributed by atoms with Crippen molar-refractivity contribution in [3.05, 3.63) is 65.2 Å². The SMILES string of the molecule is CCCCN(C)CCC(Oc1ccc2c(c1)CCCC2)c1ccccc1. The van der Waals surface area contributed by atoms with Crippen molar-refractivity contribution in [2.45, 2.75) is 58.0 Å². The van der Waals surface area contributed by atoms with Gasteiger partial charge in [0, 0.05) is 13.0 Å². The molecule has 2 aromatic carbocycles. The number of aryl methyl sites for hydroxylation is 2. The Bertz CT molecular complexity index is 667. The lowest BCUT2D eigenvalue weighted by molar-refractivity contribution is 0.172. The van der Waals surface area contributed by atoms with Crippen molar-refractivity contribution in [1.82, 2.24) is 4.90 Å². The number of ether oxygens (including phenoxy) is 1. The molecular weight excluding hydrogens is 318 g/mol. The molecule has 0 saturated heterocycles. The molecule has 140 valence electrons. The van der Waals surface area contributed by atoms with Gasteiger partial charge in [-0.15, -0.1) is 0 Å². The number of benzene rings is 2. The van der Waals surface area contributed by atoms with Gasteiger partial charge in [-0.05, 0) is 74.5 Å². The maximum atomic E-state index is 6.49. The number of rotatable bonds is 9. The highest BCUT2D eigenvalue weighted by Crippen LogP contribution is 2.29. The summed E-state index contributed by atoms with van der Waals surface area (Å²) in [4.78, 5) is 2.43. The van der Waals surface area contributed by atoms with E-state index in [1.165, 1.54) is 55.2 Å². The van der Waals surface area contributed by atoms with Crippen LogP contribution in [-0.2, 0) is 12.8 Å². The zero-order valence-electron chi connectivity index (χ0n) is 16.4. The molecule has 3 rings (SSSR count). The van der Waals surface area contributed by atoms with Gasteiger partial charge in [0.1, 0.15) is 11.9 Å². The van der Waals surface area contributed by atoms with Crippen molar-refractivity contribution in [3.63, 3.8) is 0 Å². The first-order valence-corrected chi connectivity index (χ1v) is 10.3. The van der Waals surface area contributed by atoms with E-state index in [2.05, 4.69) is 67.4 Å². The average Bonchev–Trinajstić information content (AvgIpc) is 2.70. The molecule has 2 heteroatoms. The van der Waals surface area contributed by atoms with Gasteiger partial charge in [-0.1, -0.05) is 49.7 Å². The third kappa shape index (κ3) is 5.35. The van der Waals surface area contributed by atoms with E-state index in [1.54, 1.807) is 0 Å². The Kier molecular flexibility index (Phi) is 7.13. The van der Waals surface area contributed by atoms with Gasteiger partial charge in [-0.2, -0.15) is 0 Å². The van der Waals surface area contributed by atoms with Crippen LogP contribution in [0.5, 0.6) is 5.75 Å². The minimum atomic E-state index is 0.113. The van der Waals surface area contributed by atoms with Gasteiger partial charge in [0.25, 0.3) is 0 Å². The lowest BCUT2D eigenvalue weighted by Gasteiger charge is -2.24. The first kappa shape index (κ1) is 19.0. The topological polar surface area (TPSA) is 12.5 Å². The molecule has 1 unspecified atom stereocenters. The fourth-order valence-corrected chi connectivity index (χ4v) is 3.79. The van der Waals surface area contributed by atoms with E-state index in [-0.39, 0.29) is 6.10 Å². The van der Waals surface area contributed by atoms with E-state index in [0.717, 1.165) is 25.3 Å². The molecule has 2 aromatic rings. The van der Waals surface area contributed by atoms with Gasteiger partial charge >= 0.3 is 0 Å². The second-order valence-electron chi connectivity index (χ2n) is 7.60. The van der Waals surface area contributed by atoms with E-state index in [1.807, 2.05) is 0 Å². The van der Waals surface area contributed by atoms with Gasteiger partial charge in [0.05, 0.1) is 0 Å². The van der Waals surface area contributed by atoms with E-state index in [9.17, 15) is 0 Å². The first-order valence-electron chi connectivity index (χ1n) is 10.3. The number of fused-ring (bicyclic) bond motifs is 1. The number of unbranched alkanes of at least 4 members (excludes halogenated alkanes) is 1.